The van der Waals surface area contributed by atoms with Gasteiger partial charge in [-0.25, -0.2) is 4.39 Å². The van der Waals surface area contributed by atoms with Crippen molar-refractivity contribution >= 4 is 5.97 Å². The number of hydrogen-bond donors (Lipinski definition) is 1. The van der Waals surface area contributed by atoms with Crippen molar-refractivity contribution in [1.29, 1.82) is 0 Å². The number of nitrogens with zero attached hydrogens (tertiary/aromatic N) is 1. The fourth-order valence-electron chi connectivity index (χ4n) is 2.57. The number of benzene rings is 1. The molecule has 0 spiro atoms. The minimum atomic E-state index is -0.870. The van der Waals surface area contributed by atoms with E-state index in [-0.39, 0.29) is 24.3 Å². The molecular weight excluding hydrogens is 277 g/mol. The van der Waals surface area contributed by atoms with E-state index in [1.54, 1.807) is 6.07 Å². The first-order valence-corrected chi connectivity index (χ1v) is 6.92. The Morgan fingerprint density at radius 1 is 1.62 bits per heavy atom. The highest BCUT2D eigenvalue weighted by Gasteiger charge is 2.26. The number of morpholine rings is 1. The Bertz CT molecular complexity index is 508. The molecule has 0 bridgehead atoms. The van der Waals surface area contributed by atoms with Crippen molar-refractivity contribution in [2.45, 2.75) is 25.5 Å². The molecule has 21 heavy (non-hydrogen) atoms. The van der Waals surface area contributed by atoms with Gasteiger partial charge in [0.2, 0.25) is 0 Å². The number of methoxy groups -OCH3 is 1. The van der Waals surface area contributed by atoms with Gasteiger partial charge < -0.3 is 14.6 Å². The van der Waals surface area contributed by atoms with E-state index in [4.69, 9.17) is 14.6 Å². The van der Waals surface area contributed by atoms with Crippen molar-refractivity contribution in [2.75, 3.05) is 26.8 Å². The minimum Gasteiger partial charge on any atom is -0.494 e. The van der Waals surface area contributed by atoms with Gasteiger partial charge in [-0.3, -0.25) is 9.69 Å². The molecule has 2 atom stereocenters. The van der Waals surface area contributed by atoms with Gasteiger partial charge in [0.25, 0.3) is 0 Å². The van der Waals surface area contributed by atoms with E-state index in [0.29, 0.717) is 19.7 Å². The molecule has 1 aromatic carbocycles. The highest BCUT2D eigenvalue weighted by Crippen LogP contribution is 2.27. The van der Waals surface area contributed by atoms with Crippen LogP contribution in [-0.2, 0) is 9.53 Å². The second-order valence-corrected chi connectivity index (χ2v) is 5.16. The van der Waals surface area contributed by atoms with Crippen LogP contribution in [-0.4, -0.2) is 48.9 Å². The third kappa shape index (κ3) is 3.92. The van der Waals surface area contributed by atoms with Crippen LogP contribution in [0, 0.1) is 5.82 Å². The average Bonchev–Trinajstić information content (AvgIpc) is 2.46. The van der Waals surface area contributed by atoms with E-state index in [1.165, 1.54) is 13.2 Å². The number of halogens is 1. The van der Waals surface area contributed by atoms with Gasteiger partial charge in [-0.2, -0.15) is 0 Å². The van der Waals surface area contributed by atoms with Crippen LogP contribution in [0.5, 0.6) is 5.75 Å². The van der Waals surface area contributed by atoms with Gasteiger partial charge in [-0.05, 0) is 24.6 Å². The van der Waals surface area contributed by atoms with Gasteiger partial charge in [0.1, 0.15) is 0 Å². The van der Waals surface area contributed by atoms with Crippen molar-refractivity contribution in [3.8, 4) is 5.75 Å². The molecule has 1 saturated heterocycles. The zero-order valence-electron chi connectivity index (χ0n) is 12.2. The van der Waals surface area contributed by atoms with Crippen molar-refractivity contribution in [1.82, 2.24) is 4.90 Å². The van der Waals surface area contributed by atoms with E-state index < -0.39 is 11.8 Å². The van der Waals surface area contributed by atoms with Crippen LogP contribution in [0.4, 0.5) is 4.39 Å². The van der Waals surface area contributed by atoms with E-state index in [2.05, 4.69) is 4.90 Å². The number of ether oxygens (including phenoxy) is 2. The molecular formula is C15H20FNO4. The summed E-state index contributed by atoms with van der Waals surface area (Å²) in [7, 11) is 1.43. The number of carboxylic acids is 1. The summed E-state index contributed by atoms with van der Waals surface area (Å²) in [4.78, 5) is 12.9. The maximum atomic E-state index is 13.8. The van der Waals surface area contributed by atoms with Gasteiger partial charge in [0, 0.05) is 19.1 Å². The molecule has 2 unspecified atom stereocenters. The van der Waals surface area contributed by atoms with Crippen LogP contribution < -0.4 is 4.74 Å². The Morgan fingerprint density at radius 2 is 2.38 bits per heavy atom. The summed E-state index contributed by atoms with van der Waals surface area (Å²) in [6.45, 7) is 3.69. The Balaban J connectivity index is 2.06. The molecule has 1 N–H and O–H groups in total. The quantitative estimate of drug-likeness (QED) is 0.901. The number of carboxylic acid groups (broad SMARTS) is 1. The summed E-state index contributed by atoms with van der Waals surface area (Å²) in [5, 5.41) is 8.84. The molecule has 0 amide bonds. The lowest BCUT2D eigenvalue weighted by Gasteiger charge is -2.36. The van der Waals surface area contributed by atoms with E-state index in [1.807, 2.05) is 13.0 Å². The summed E-state index contributed by atoms with van der Waals surface area (Å²) >= 11 is 0. The number of aliphatic carboxylic acids is 1. The van der Waals surface area contributed by atoms with E-state index in [9.17, 15) is 9.18 Å². The summed E-state index contributed by atoms with van der Waals surface area (Å²) in [6, 6.07) is 4.89. The smallest absolute Gasteiger partial charge is 0.306 e. The summed E-state index contributed by atoms with van der Waals surface area (Å²) in [6.07, 6.45) is -0.331. The molecule has 0 aliphatic carbocycles. The third-order valence-electron chi connectivity index (χ3n) is 3.78. The van der Waals surface area contributed by atoms with Crippen molar-refractivity contribution in [2.24, 2.45) is 0 Å². The topological polar surface area (TPSA) is 59.0 Å². The lowest BCUT2D eigenvalue weighted by Crippen LogP contribution is -2.44. The van der Waals surface area contributed by atoms with Gasteiger partial charge >= 0.3 is 5.97 Å². The second kappa shape index (κ2) is 6.87. The van der Waals surface area contributed by atoms with Gasteiger partial charge in [0.15, 0.2) is 11.6 Å². The second-order valence-electron chi connectivity index (χ2n) is 5.16. The largest absolute Gasteiger partial charge is 0.494 e. The molecule has 1 aliphatic heterocycles. The minimum absolute atomic E-state index is 0.00870. The molecule has 5 nitrogen and oxygen atoms in total. The summed E-state index contributed by atoms with van der Waals surface area (Å²) in [5.74, 6) is -1.04. The van der Waals surface area contributed by atoms with Gasteiger partial charge in [-0.15, -0.1) is 0 Å². The predicted octanol–water partition coefficient (Wildman–Crippen LogP) is 2.07. The highest BCUT2D eigenvalue weighted by molar-refractivity contribution is 5.67. The Kier molecular flexibility index (Phi) is 5.14. The molecule has 6 heteroatoms. The molecule has 1 heterocycles. The molecule has 0 radical (unpaired) electrons. The molecule has 2 rings (SSSR count). The van der Waals surface area contributed by atoms with Crippen LogP contribution in [0.3, 0.4) is 0 Å². The summed E-state index contributed by atoms with van der Waals surface area (Å²) in [5.41, 5.74) is 0.837. The van der Waals surface area contributed by atoms with E-state index in [0.717, 1.165) is 5.56 Å². The zero-order chi connectivity index (χ0) is 15.4. The fraction of sp³-hybridized carbons (Fsp3) is 0.533. The number of hydrogen-bond acceptors (Lipinski definition) is 4. The first-order chi connectivity index (χ1) is 10.0. The molecule has 1 fully saturated rings. The maximum absolute atomic E-state index is 13.8. The highest BCUT2D eigenvalue weighted by atomic mass is 19.1. The first kappa shape index (κ1) is 15.7. The molecule has 116 valence electrons. The van der Waals surface area contributed by atoms with Gasteiger partial charge in [0.05, 0.1) is 26.2 Å². The molecule has 0 aromatic heterocycles. The molecule has 0 saturated carbocycles. The average molecular weight is 297 g/mol. The fourth-order valence-corrected chi connectivity index (χ4v) is 2.57. The zero-order valence-corrected chi connectivity index (χ0v) is 12.2. The predicted molar refractivity (Wildman–Crippen MR) is 74.9 cm³/mol. The Morgan fingerprint density at radius 3 is 3.00 bits per heavy atom. The van der Waals surface area contributed by atoms with Crippen molar-refractivity contribution in [3.63, 3.8) is 0 Å². The Hall–Kier alpha value is -1.66. The molecule has 1 aromatic rings. The maximum Gasteiger partial charge on any atom is 0.306 e. The standard InChI is InChI=1S/C15H20FNO4/c1-10(11-3-4-14(20-2)13(16)7-11)17-5-6-21-12(9-17)8-15(18)19/h3-4,7,10,12H,5-6,8-9H2,1-2H3,(H,18,19). The number of rotatable bonds is 5. The SMILES string of the molecule is COc1ccc(C(C)N2CCOC(CC(=O)O)C2)cc1F. The molecule has 1 aliphatic rings. The van der Waals surface area contributed by atoms with Crippen LogP contribution in [0.1, 0.15) is 24.9 Å². The van der Waals surface area contributed by atoms with Crippen molar-refractivity contribution in [3.05, 3.63) is 29.6 Å². The van der Waals surface area contributed by atoms with Gasteiger partial charge in [-0.1, -0.05) is 6.07 Å². The lowest BCUT2D eigenvalue weighted by atomic mass is 10.0. The van der Waals surface area contributed by atoms with Crippen molar-refractivity contribution < 1.29 is 23.8 Å². The monoisotopic (exact) mass is 297 g/mol. The lowest BCUT2D eigenvalue weighted by molar-refractivity contribution is -0.142. The third-order valence-corrected chi connectivity index (χ3v) is 3.78. The van der Waals surface area contributed by atoms with Crippen LogP contribution >= 0.6 is 0 Å². The normalized spacial score (nSPS) is 21.0. The van der Waals surface area contributed by atoms with Crippen LogP contribution in [0.15, 0.2) is 18.2 Å². The first-order valence-electron chi connectivity index (χ1n) is 6.92. The Labute approximate surface area is 123 Å². The van der Waals surface area contributed by atoms with Crippen LogP contribution in [0.25, 0.3) is 0 Å². The van der Waals surface area contributed by atoms with E-state index >= 15 is 0 Å². The summed E-state index contributed by atoms with van der Waals surface area (Å²) < 4.78 is 24.1. The number of carbonyl (C=O) groups is 1. The van der Waals surface area contributed by atoms with Crippen LogP contribution in [0.2, 0.25) is 0 Å².